The minimum absolute atomic E-state index is 0.0694. The minimum Gasteiger partial charge on any atom is -0.466 e. The molecule has 3 aliphatic rings. The summed E-state index contributed by atoms with van der Waals surface area (Å²) in [6.45, 7) is 1.46. The van der Waals surface area contributed by atoms with E-state index in [1.165, 1.54) is 11.8 Å². The highest BCUT2D eigenvalue weighted by molar-refractivity contribution is 5.67. The number of nitrogens with one attached hydrogen (secondary N) is 1. The van der Waals surface area contributed by atoms with Crippen molar-refractivity contribution in [2.45, 2.75) is 56.7 Å². The number of nitrogens with zero attached hydrogens (tertiary/aromatic N) is 1. The molecule has 7 nitrogen and oxygen atoms in total. The lowest BCUT2D eigenvalue weighted by atomic mass is 9.83. The molecule has 4 rings (SSSR count). The first-order chi connectivity index (χ1) is 16.7. The second-order valence-corrected chi connectivity index (χ2v) is 9.02. The van der Waals surface area contributed by atoms with E-state index in [4.69, 9.17) is 14.2 Å². The average molecular weight is 467 g/mol. The maximum absolute atomic E-state index is 12.6. The average Bonchev–Trinajstić information content (AvgIpc) is 2.89. The summed E-state index contributed by atoms with van der Waals surface area (Å²) in [4.78, 5) is 14.4. The predicted molar refractivity (Wildman–Crippen MR) is 129 cm³/mol. The van der Waals surface area contributed by atoms with Crippen molar-refractivity contribution in [3.63, 3.8) is 0 Å². The second-order valence-electron chi connectivity index (χ2n) is 9.02. The van der Waals surface area contributed by atoms with Crippen molar-refractivity contribution in [2.24, 2.45) is 0 Å². The smallest absolute Gasteiger partial charge is 0.410 e. The molecule has 34 heavy (non-hydrogen) atoms. The third-order valence-electron chi connectivity index (χ3n) is 6.69. The first-order valence-electron chi connectivity index (χ1n) is 12.0. The van der Waals surface area contributed by atoms with E-state index in [0.717, 1.165) is 30.6 Å². The van der Waals surface area contributed by atoms with Crippen LogP contribution < -0.4 is 5.32 Å². The van der Waals surface area contributed by atoms with E-state index in [1.807, 2.05) is 30.3 Å². The van der Waals surface area contributed by atoms with Gasteiger partial charge in [-0.2, -0.15) is 0 Å². The van der Waals surface area contributed by atoms with Crippen LogP contribution in [-0.2, 0) is 20.8 Å². The van der Waals surface area contributed by atoms with Crippen molar-refractivity contribution in [2.75, 3.05) is 19.7 Å². The van der Waals surface area contributed by atoms with Crippen molar-refractivity contribution in [3.05, 3.63) is 84.2 Å². The van der Waals surface area contributed by atoms with Crippen LogP contribution >= 0.6 is 0 Å². The topological polar surface area (TPSA) is 80.3 Å². The minimum atomic E-state index is -0.313. The van der Waals surface area contributed by atoms with Crippen molar-refractivity contribution in [1.29, 1.82) is 0 Å². The van der Waals surface area contributed by atoms with Crippen molar-refractivity contribution in [1.82, 2.24) is 10.2 Å². The van der Waals surface area contributed by atoms with E-state index in [9.17, 15) is 9.90 Å². The first kappa shape index (κ1) is 24.1. The van der Waals surface area contributed by atoms with Gasteiger partial charge in [-0.05, 0) is 44.1 Å². The molecule has 1 unspecified atom stereocenters. The molecule has 0 bridgehead atoms. The summed E-state index contributed by atoms with van der Waals surface area (Å²) >= 11 is 0. The van der Waals surface area contributed by atoms with Crippen molar-refractivity contribution in [3.8, 4) is 0 Å². The molecule has 7 heteroatoms. The molecule has 1 aliphatic carbocycles. The molecule has 1 aromatic rings. The van der Waals surface area contributed by atoms with E-state index in [-0.39, 0.29) is 30.9 Å². The fourth-order valence-electron chi connectivity index (χ4n) is 4.72. The molecule has 1 aromatic carbocycles. The van der Waals surface area contributed by atoms with Crippen molar-refractivity contribution >= 4 is 6.09 Å². The number of amides is 1. The number of aliphatic hydroxyl groups excluding tert-OH is 1. The van der Waals surface area contributed by atoms with Gasteiger partial charge in [-0.1, -0.05) is 54.1 Å². The SMILES string of the molecule is O=C(OCc1ccccc1)N1CCC(CCO)(NC(CC2=CC=CCC2)C2=COC=CO2)CC1. The molecule has 182 valence electrons. The zero-order chi connectivity index (χ0) is 23.6. The Hall–Kier alpha value is -3.03. The largest absolute Gasteiger partial charge is 0.466 e. The van der Waals surface area contributed by atoms with E-state index in [1.54, 1.807) is 17.4 Å². The van der Waals surface area contributed by atoms with Gasteiger partial charge in [0.2, 0.25) is 0 Å². The molecule has 2 heterocycles. The summed E-state index contributed by atoms with van der Waals surface area (Å²) in [6.07, 6.45) is 15.7. The Morgan fingerprint density at radius 1 is 1.21 bits per heavy atom. The maximum Gasteiger partial charge on any atom is 0.410 e. The number of rotatable bonds is 9. The summed E-state index contributed by atoms with van der Waals surface area (Å²) in [6, 6.07) is 9.60. The quantitative estimate of drug-likeness (QED) is 0.557. The number of carbonyl (C=O) groups is 1. The molecule has 0 saturated carbocycles. The van der Waals surface area contributed by atoms with Crippen molar-refractivity contribution < 1.29 is 24.1 Å². The Balaban J connectivity index is 1.39. The normalized spacial score (nSPS) is 20.0. The number of piperidine rings is 1. The fourth-order valence-corrected chi connectivity index (χ4v) is 4.72. The van der Waals surface area contributed by atoms with Crippen LogP contribution in [0.5, 0.6) is 0 Å². The molecular weight excluding hydrogens is 432 g/mol. The van der Waals surface area contributed by atoms with Gasteiger partial charge in [0.25, 0.3) is 0 Å². The van der Waals surface area contributed by atoms with Gasteiger partial charge >= 0.3 is 6.09 Å². The predicted octanol–water partition coefficient (Wildman–Crippen LogP) is 4.52. The molecule has 1 amide bonds. The third-order valence-corrected chi connectivity index (χ3v) is 6.69. The number of ether oxygens (including phenoxy) is 3. The molecule has 0 spiro atoms. The second kappa shape index (κ2) is 11.9. The van der Waals surface area contributed by atoms with E-state index < -0.39 is 0 Å². The summed E-state index contributed by atoms with van der Waals surface area (Å²) in [5, 5.41) is 13.7. The van der Waals surface area contributed by atoms with Gasteiger partial charge in [-0.25, -0.2) is 4.79 Å². The highest BCUT2D eigenvalue weighted by atomic mass is 16.6. The first-order valence-corrected chi connectivity index (χ1v) is 12.0. The Morgan fingerprint density at radius 2 is 2.03 bits per heavy atom. The number of benzene rings is 1. The van der Waals surface area contributed by atoms with Crippen LogP contribution in [0.1, 0.15) is 44.1 Å². The van der Waals surface area contributed by atoms with Crippen LogP contribution in [0.4, 0.5) is 4.79 Å². The standard InChI is InChI=1S/C27H34N2O5/c30-16-13-27(11-14-29(15-12-27)26(31)34-20-23-9-5-2-6-10-23)28-24(25-21-32-17-18-33-25)19-22-7-3-1-4-8-22/h1-3,5-7,9-10,17-18,21,24,28,30H,4,8,11-16,19-20H2. The number of carbonyl (C=O) groups excluding carboxylic acids is 1. The van der Waals surface area contributed by atoms with Gasteiger partial charge in [0.1, 0.15) is 25.4 Å². The van der Waals surface area contributed by atoms with E-state index >= 15 is 0 Å². The fraction of sp³-hybridized carbons (Fsp3) is 0.444. The third kappa shape index (κ3) is 6.52. The van der Waals surface area contributed by atoms with Crippen LogP contribution in [0.3, 0.4) is 0 Å². The summed E-state index contributed by atoms with van der Waals surface area (Å²) in [5.41, 5.74) is 2.00. The molecular formula is C27H34N2O5. The van der Waals surface area contributed by atoms with Crippen LogP contribution in [0.25, 0.3) is 0 Å². The van der Waals surface area contributed by atoms with Gasteiger partial charge in [-0.3, -0.25) is 0 Å². The Morgan fingerprint density at radius 3 is 2.71 bits per heavy atom. The highest BCUT2D eigenvalue weighted by Gasteiger charge is 2.39. The van der Waals surface area contributed by atoms with Crippen LogP contribution in [0.15, 0.2) is 78.7 Å². The number of hydrogen-bond donors (Lipinski definition) is 2. The monoisotopic (exact) mass is 466 g/mol. The number of hydrogen-bond acceptors (Lipinski definition) is 6. The molecule has 1 atom stereocenters. The molecule has 2 N–H and O–H groups in total. The molecule has 1 fully saturated rings. The zero-order valence-corrected chi connectivity index (χ0v) is 19.5. The number of likely N-dealkylation sites (tertiary alicyclic amines) is 1. The molecule has 1 saturated heterocycles. The molecule has 0 radical (unpaired) electrons. The van der Waals surface area contributed by atoms with Gasteiger partial charge in [0.15, 0.2) is 5.76 Å². The zero-order valence-electron chi connectivity index (χ0n) is 19.5. The van der Waals surface area contributed by atoms with Crippen LogP contribution in [-0.4, -0.2) is 47.4 Å². The van der Waals surface area contributed by atoms with Gasteiger partial charge in [0, 0.05) is 25.2 Å². The van der Waals surface area contributed by atoms with Crippen LogP contribution in [0.2, 0.25) is 0 Å². The Labute approximate surface area is 201 Å². The number of aliphatic hydroxyl groups is 1. The van der Waals surface area contributed by atoms with Gasteiger partial charge in [0.05, 0.1) is 6.04 Å². The summed E-state index contributed by atoms with van der Waals surface area (Å²) in [5.74, 6) is 0.722. The molecule has 2 aliphatic heterocycles. The van der Waals surface area contributed by atoms with E-state index in [0.29, 0.717) is 32.4 Å². The lowest BCUT2D eigenvalue weighted by Gasteiger charge is -2.44. The lowest BCUT2D eigenvalue weighted by molar-refractivity contribution is 0.0611. The number of allylic oxidation sites excluding steroid dienone is 3. The van der Waals surface area contributed by atoms with Gasteiger partial charge in [-0.15, -0.1) is 0 Å². The van der Waals surface area contributed by atoms with Gasteiger partial charge < -0.3 is 29.5 Å². The highest BCUT2D eigenvalue weighted by Crippen LogP contribution is 2.31. The van der Waals surface area contributed by atoms with Crippen LogP contribution in [0, 0.1) is 0 Å². The Kier molecular flexibility index (Phi) is 8.44. The van der Waals surface area contributed by atoms with E-state index in [2.05, 4.69) is 23.5 Å². The lowest BCUT2D eigenvalue weighted by Crippen LogP contribution is -2.58. The maximum atomic E-state index is 12.6. The summed E-state index contributed by atoms with van der Waals surface area (Å²) < 4.78 is 16.7. The molecule has 0 aromatic heterocycles. The summed E-state index contributed by atoms with van der Waals surface area (Å²) in [7, 11) is 0. The Bertz CT molecular complexity index is 930.